The largest absolute Gasteiger partial charge is 0.368 e. The van der Waals surface area contributed by atoms with Gasteiger partial charge in [-0.1, -0.05) is 12.1 Å². The predicted octanol–water partition coefficient (Wildman–Crippen LogP) is 1.04. The Bertz CT molecular complexity index is 476. The summed E-state index contributed by atoms with van der Waals surface area (Å²) in [6, 6.07) is 6.19. The Balaban J connectivity index is 2.02. The topological polar surface area (TPSA) is 56.1 Å². The summed E-state index contributed by atoms with van der Waals surface area (Å²) in [5.74, 6) is 0. The monoisotopic (exact) mass is 202 g/mol. The zero-order valence-electron chi connectivity index (χ0n) is 8.29. The van der Waals surface area contributed by atoms with Crippen LogP contribution in [0, 0.1) is 6.92 Å². The molecule has 0 saturated carbocycles. The number of benzene rings is 1. The molecule has 1 aliphatic rings. The van der Waals surface area contributed by atoms with Crippen molar-refractivity contribution in [3.05, 3.63) is 35.7 Å². The molecule has 0 N–H and O–H groups in total. The van der Waals surface area contributed by atoms with Gasteiger partial charge in [-0.25, -0.2) is 4.68 Å². The summed E-state index contributed by atoms with van der Waals surface area (Å²) in [5, 5.41) is 11.1. The van der Waals surface area contributed by atoms with Crippen molar-refractivity contribution in [2.45, 2.75) is 13.0 Å². The molecule has 2 heterocycles. The molecule has 1 aromatic carbocycles. The molecular formula is C10H10N4O. The fourth-order valence-corrected chi connectivity index (χ4v) is 1.65. The van der Waals surface area contributed by atoms with E-state index in [1.54, 1.807) is 11.0 Å². The van der Waals surface area contributed by atoms with Gasteiger partial charge in [-0.3, -0.25) is 0 Å². The molecule has 15 heavy (non-hydrogen) atoms. The molecule has 5 heteroatoms. The lowest BCUT2D eigenvalue weighted by molar-refractivity contribution is 0.415. The second-order valence-electron chi connectivity index (χ2n) is 3.62. The van der Waals surface area contributed by atoms with Crippen LogP contribution in [0.15, 0.2) is 24.5 Å². The highest BCUT2D eigenvalue weighted by Crippen LogP contribution is 2.31. The number of epoxide rings is 1. The van der Waals surface area contributed by atoms with E-state index >= 15 is 0 Å². The highest BCUT2D eigenvalue weighted by atomic mass is 16.6. The molecule has 3 rings (SSSR count). The number of rotatable bonds is 2. The highest BCUT2D eigenvalue weighted by Gasteiger charge is 2.24. The zero-order chi connectivity index (χ0) is 10.3. The van der Waals surface area contributed by atoms with Crippen molar-refractivity contribution in [3.8, 4) is 5.69 Å². The van der Waals surface area contributed by atoms with E-state index in [9.17, 15) is 0 Å². The lowest BCUT2D eigenvalue weighted by atomic mass is 10.1. The Morgan fingerprint density at radius 3 is 2.93 bits per heavy atom. The number of nitrogens with zero attached hydrogens (tertiary/aromatic N) is 4. The van der Waals surface area contributed by atoms with Crippen LogP contribution < -0.4 is 0 Å². The van der Waals surface area contributed by atoms with Crippen LogP contribution in [-0.4, -0.2) is 26.8 Å². The van der Waals surface area contributed by atoms with E-state index in [1.807, 2.05) is 13.0 Å². The molecule has 0 spiro atoms. The van der Waals surface area contributed by atoms with E-state index < -0.39 is 0 Å². The maximum absolute atomic E-state index is 5.23. The van der Waals surface area contributed by atoms with E-state index in [1.165, 1.54) is 5.56 Å². The molecule has 1 unspecified atom stereocenters. The van der Waals surface area contributed by atoms with Gasteiger partial charge in [0.1, 0.15) is 12.4 Å². The molecule has 2 aromatic rings. The molecule has 1 saturated heterocycles. The van der Waals surface area contributed by atoms with Gasteiger partial charge in [-0.05, 0) is 34.5 Å². The Kier molecular flexibility index (Phi) is 1.78. The van der Waals surface area contributed by atoms with Gasteiger partial charge in [0.05, 0.1) is 12.3 Å². The SMILES string of the molecule is Cc1cc(C2CO2)ccc1-n1cnnn1. The van der Waals surface area contributed by atoms with Crippen LogP contribution in [-0.2, 0) is 4.74 Å². The number of hydrogen-bond acceptors (Lipinski definition) is 4. The molecular weight excluding hydrogens is 192 g/mol. The Labute approximate surface area is 86.7 Å². The summed E-state index contributed by atoms with van der Waals surface area (Å²) in [5.41, 5.74) is 3.38. The molecule has 1 aromatic heterocycles. The Hall–Kier alpha value is -1.75. The Morgan fingerprint density at radius 2 is 2.33 bits per heavy atom. The quantitative estimate of drug-likeness (QED) is 0.683. The maximum Gasteiger partial charge on any atom is 0.143 e. The van der Waals surface area contributed by atoms with Gasteiger partial charge in [0, 0.05) is 0 Å². The van der Waals surface area contributed by atoms with Crippen molar-refractivity contribution in [1.82, 2.24) is 20.2 Å². The van der Waals surface area contributed by atoms with E-state index in [4.69, 9.17) is 4.74 Å². The van der Waals surface area contributed by atoms with Crippen LogP contribution in [0.5, 0.6) is 0 Å². The summed E-state index contributed by atoms with van der Waals surface area (Å²) in [7, 11) is 0. The highest BCUT2D eigenvalue weighted by molar-refractivity contribution is 5.42. The number of hydrogen-bond donors (Lipinski definition) is 0. The number of tetrazole rings is 1. The van der Waals surface area contributed by atoms with Crippen LogP contribution in [0.2, 0.25) is 0 Å². The lowest BCUT2D eigenvalue weighted by Gasteiger charge is -2.05. The van der Waals surface area contributed by atoms with E-state index in [-0.39, 0.29) is 0 Å². The third-order valence-electron chi connectivity index (χ3n) is 2.52. The van der Waals surface area contributed by atoms with Crippen LogP contribution in [0.25, 0.3) is 5.69 Å². The van der Waals surface area contributed by atoms with Crippen LogP contribution in [0.4, 0.5) is 0 Å². The summed E-state index contributed by atoms with van der Waals surface area (Å²) < 4.78 is 6.89. The van der Waals surface area contributed by atoms with Crippen LogP contribution in [0.1, 0.15) is 17.2 Å². The van der Waals surface area contributed by atoms with Gasteiger partial charge >= 0.3 is 0 Å². The van der Waals surface area contributed by atoms with E-state index in [0.717, 1.165) is 17.9 Å². The summed E-state index contributed by atoms with van der Waals surface area (Å²) in [4.78, 5) is 0. The zero-order valence-corrected chi connectivity index (χ0v) is 8.29. The van der Waals surface area contributed by atoms with Gasteiger partial charge in [0.2, 0.25) is 0 Å². The first-order chi connectivity index (χ1) is 7.34. The molecule has 5 nitrogen and oxygen atoms in total. The molecule has 0 radical (unpaired) electrons. The average molecular weight is 202 g/mol. The van der Waals surface area contributed by atoms with Crippen molar-refractivity contribution in [2.75, 3.05) is 6.61 Å². The number of aryl methyl sites for hydroxylation is 1. The average Bonchev–Trinajstić information content (AvgIpc) is 2.95. The first-order valence-corrected chi connectivity index (χ1v) is 4.80. The maximum atomic E-state index is 5.23. The van der Waals surface area contributed by atoms with Gasteiger partial charge in [-0.2, -0.15) is 0 Å². The van der Waals surface area contributed by atoms with Crippen molar-refractivity contribution >= 4 is 0 Å². The second kappa shape index (κ2) is 3.13. The summed E-state index contributed by atoms with van der Waals surface area (Å²) in [6.45, 7) is 2.88. The molecule has 1 aliphatic heterocycles. The number of ether oxygens (including phenoxy) is 1. The molecule has 1 atom stereocenters. The molecule has 0 amide bonds. The second-order valence-corrected chi connectivity index (χ2v) is 3.62. The normalized spacial score (nSPS) is 19.1. The fourth-order valence-electron chi connectivity index (χ4n) is 1.65. The summed E-state index contributed by atoms with van der Waals surface area (Å²) in [6.07, 6.45) is 1.89. The first-order valence-electron chi connectivity index (χ1n) is 4.80. The minimum Gasteiger partial charge on any atom is -0.368 e. The first kappa shape index (κ1) is 8.55. The van der Waals surface area contributed by atoms with Crippen LogP contribution in [0.3, 0.4) is 0 Å². The minimum absolute atomic E-state index is 0.298. The van der Waals surface area contributed by atoms with E-state index in [2.05, 4.69) is 27.7 Å². The van der Waals surface area contributed by atoms with Crippen molar-refractivity contribution < 1.29 is 4.74 Å². The third kappa shape index (κ3) is 1.50. The van der Waals surface area contributed by atoms with E-state index in [0.29, 0.717) is 6.10 Å². The predicted molar refractivity (Wildman–Crippen MR) is 52.6 cm³/mol. The van der Waals surface area contributed by atoms with Gasteiger partial charge in [0.25, 0.3) is 0 Å². The molecule has 1 fully saturated rings. The standard InChI is InChI=1S/C10H10N4O/c1-7-4-8(10-5-15-10)2-3-9(7)14-6-11-12-13-14/h2-4,6,10H,5H2,1H3. The van der Waals surface area contributed by atoms with Crippen LogP contribution >= 0.6 is 0 Å². The summed E-state index contributed by atoms with van der Waals surface area (Å²) >= 11 is 0. The van der Waals surface area contributed by atoms with Gasteiger partial charge in [-0.15, -0.1) is 5.10 Å². The number of aromatic nitrogens is 4. The van der Waals surface area contributed by atoms with Gasteiger partial charge < -0.3 is 4.74 Å². The smallest absolute Gasteiger partial charge is 0.143 e. The minimum atomic E-state index is 0.298. The molecule has 0 bridgehead atoms. The molecule has 0 aliphatic carbocycles. The third-order valence-corrected chi connectivity index (χ3v) is 2.52. The van der Waals surface area contributed by atoms with Crippen molar-refractivity contribution in [2.24, 2.45) is 0 Å². The lowest BCUT2D eigenvalue weighted by Crippen LogP contribution is -1.98. The van der Waals surface area contributed by atoms with Crippen molar-refractivity contribution in [3.63, 3.8) is 0 Å². The molecule has 76 valence electrons. The fraction of sp³-hybridized carbons (Fsp3) is 0.300. The van der Waals surface area contributed by atoms with Gasteiger partial charge in [0.15, 0.2) is 0 Å². The Morgan fingerprint density at radius 1 is 1.47 bits per heavy atom. The van der Waals surface area contributed by atoms with Crippen molar-refractivity contribution in [1.29, 1.82) is 0 Å².